The molecule has 0 aliphatic carbocycles. The number of aromatic nitrogens is 2. The molecule has 0 spiro atoms. The summed E-state index contributed by atoms with van der Waals surface area (Å²) in [6.07, 6.45) is 2.58. The van der Waals surface area contributed by atoms with Crippen molar-refractivity contribution in [2.75, 3.05) is 0 Å². The van der Waals surface area contributed by atoms with Crippen LogP contribution in [0.3, 0.4) is 0 Å². The molecule has 0 bridgehead atoms. The van der Waals surface area contributed by atoms with Gasteiger partial charge in [0.1, 0.15) is 17.5 Å². The molecule has 1 unspecified atom stereocenters. The van der Waals surface area contributed by atoms with Crippen LogP contribution in [0.1, 0.15) is 28.5 Å². The number of aromatic amines is 1. The molecular formula is C23H19N3O4. The van der Waals surface area contributed by atoms with Crippen LogP contribution in [-0.4, -0.2) is 27.9 Å². The number of fused-ring (bicyclic) bond motifs is 2. The number of ketones is 1. The largest absolute Gasteiger partial charge is 0.490 e. The van der Waals surface area contributed by atoms with Gasteiger partial charge in [-0.1, -0.05) is 23.4 Å². The van der Waals surface area contributed by atoms with Crippen molar-refractivity contribution in [2.24, 2.45) is 0 Å². The molecule has 2 aromatic heterocycles. The third-order valence-electron chi connectivity index (χ3n) is 5.21. The number of carbonyl (C=O) groups is 2. The van der Waals surface area contributed by atoms with Gasteiger partial charge >= 0.3 is 0 Å². The van der Waals surface area contributed by atoms with Crippen molar-refractivity contribution in [1.82, 2.24) is 15.5 Å². The van der Waals surface area contributed by atoms with Crippen molar-refractivity contribution >= 4 is 22.6 Å². The number of hydrogen-bond acceptors (Lipinski definition) is 5. The van der Waals surface area contributed by atoms with Crippen LogP contribution in [0, 0.1) is 0 Å². The van der Waals surface area contributed by atoms with E-state index in [1.165, 1.54) is 0 Å². The molecule has 1 atom stereocenters. The third-order valence-corrected chi connectivity index (χ3v) is 5.21. The van der Waals surface area contributed by atoms with E-state index >= 15 is 0 Å². The summed E-state index contributed by atoms with van der Waals surface area (Å²) in [6, 6.07) is 15.0. The molecular weight excluding hydrogens is 382 g/mol. The SMILES string of the molecule is CC1Cc2cc(-c3cc(CNC(=O)C(=O)c4c[nH]c5ccccc45)no3)ccc2O1. The fourth-order valence-corrected chi connectivity index (χ4v) is 3.74. The zero-order valence-electron chi connectivity index (χ0n) is 16.3. The molecule has 30 heavy (non-hydrogen) atoms. The van der Waals surface area contributed by atoms with Gasteiger partial charge in [-0.15, -0.1) is 0 Å². The van der Waals surface area contributed by atoms with Gasteiger partial charge < -0.3 is 19.6 Å². The Bertz CT molecular complexity index is 1270. The second kappa shape index (κ2) is 7.18. The fraction of sp³-hybridized carbons (Fsp3) is 0.174. The Kier molecular flexibility index (Phi) is 4.35. The molecule has 1 amide bonds. The highest BCUT2D eigenvalue weighted by Gasteiger charge is 2.21. The summed E-state index contributed by atoms with van der Waals surface area (Å²) in [5.74, 6) is 0.218. The van der Waals surface area contributed by atoms with E-state index in [9.17, 15) is 9.59 Å². The summed E-state index contributed by atoms with van der Waals surface area (Å²) in [5, 5.41) is 7.34. The van der Waals surface area contributed by atoms with Crippen molar-refractivity contribution in [1.29, 1.82) is 0 Å². The van der Waals surface area contributed by atoms with Crippen LogP contribution in [-0.2, 0) is 17.8 Å². The van der Waals surface area contributed by atoms with Crippen LogP contribution in [0.2, 0.25) is 0 Å². The van der Waals surface area contributed by atoms with Crippen LogP contribution < -0.4 is 10.1 Å². The molecule has 0 radical (unpaired) electrons. The molecule has 0 saturated heterocycles. The molecule has 7 nitrogen and oxygen atoms in total. The Hall–Kier alpha value is -3.87. The fourth-order valence-electron chi connectivity index (χ4n) is 3.74. The zero-order chi connectivity index (χ0) is 20.7. The minimum atomic E-state index is -0.687. The van der Waals surface area contributed by atoms with Gasteiger partial charge in [0.15, 0.2) is 5.76 Å². The number of carbonyl (C=O) groups excluding carboxylic acids is 2. The van der Waals surface area contributed by atoms with E-state index in [-0.39, 0.29) is 12.6 Å². The van der Waals surface area contributed by atoms with Gasteiger partial charge in [-0.05, 0) is 36.8 Å². The lowest BCUT2D eigenvalue weighted by atomic mass is 10.1. The molecule has 2 aromatic carbocycles. The van der Waals surface area contributed by atoms with Gasteiger partial charge in [0.2, 0.25) is 0 Å². The molecule has 1 aliphatic heterocycles. The van der Waals surface area contributed by atoms with Gasteiger partial charge in [-0.25, -0.2) is 0 Å². The Morgan fingerprint density at radius 3 is 2.97 bits per heavy atom. The number of amides is 1. The minimum Gasteiger partial charge on any atom is -0.490 e. The average molecular weight is 401 g/mol. The van der Waals surface area contributed by atoms with Crippen LogP contribution in [0.15, 0.2) is 59.3 Å². The maximum atomic E-state index is 12.5. The monoisotopic (exact) mass is 401 g/mol. The Balaban J connectivity index is 1.26. The molecule has 0 fully saturated rings. The zero-order valence-corrected chi connectivity index (χ0v) is 16.3. The smallest absolute Gasteiger partial charge is 0.292 e. The van der Waals surface area contributed by atoms with E-state index < -0.39 is 11.7 Å². The number of ether oxygens (including phenoxy) is 1. The second-order valence-corrected chi connectivity index (χ2v) is 7.40. The lowest BCUT2D eigenvalue weighted by molar-refractivity contribution is -0.117. The number of hydrogen-bond donors (Lipinski definition) is 2. The molecule has 0 saturated carbocycles. The molecule has 150 valence electrons. The van der Waals surface area contributed by atoms with Crippen molar-refractivity contribution in [3.05, 3.63) is 71.5 Å². The third kappa shape index (κ3) is 3.24. The van der Waals surface area contributed by atoms with E-state index in [1.54, 1.807) is 18.3 Å². The lowest BCUT2D eigenvalue weighted by Gasteiger charge is -2.02. The van der Waals surface area contributed by atoms with Crippen molar-refractivity contribution in [2.45, 2.75) is 26.0 Å². The first-order chi connectivity index (χ1) is 14.6. The maximum absolute atomic E-state index is 12.5. The first-order valence-corrected chi connectivity index (χ1v) is 9.72. The van der Waals surface area contributed by atoms with Gasteiger partial charge in [-0.2, -0.15) is 0 Å². The van der Waals surface area contributed by atoms with Gasteiger partial charge in [-0.3, -0.25) is 9.59 Å². The Labute approximate surface area is 172 Å². The second-order valence-electron chi connectivity index (χ2n) is 7.40. The van der Waals surface area contributed by atoms with E-state index in [1.807, 2.05) is 43.3 Å². The normalized spacial score (nSPS) is 15.0. The number of rotatable bonds is 5. The molecule has 7 heteroatoms. The van der Waals surface area contributed by atoms with E-state index in [4.69, 9.17) is 9.26 Å². The number of nitrogens with one attached hydrogen (secondary N) is 2. The van der Waals surface area contributed by atoms with E-state index in [2.05, 4.69) is 15.5 Å². The number of Topliss-reactive ketones (excluding diaryl/α,β-unsaturated/α-hetero) is 1. The molecule has 5 rings (SSSR count). The first kappa shape index (κ1) is 18.2. The summed E-state index contributed by atoms with van der Waals surface area (Å²) >= 11 is 0. The summed E-state index contributed by atoms with van der Waals surface area (Å²) in [5.41, 5.74) is 3.72. The average Bonchev–Trinajstić information content (AvgIpc) is 3.47. The van der Waals surface area contributed by atoms with Crippen molar-refractivity contribution in [3.63, 3.8) is 0 Å². The number of nitrogens with zero attached hydrogens (tertiary/aromatic N) is 1. The summed E-state index contributed by atoms with van der Waals surface area (Å²) in [6.45, 7) is 2.13. The number of para-hydroxylation sites is 1. The number of benzene rings is 2. The van der Waals surface area contributed by atoms with Crippen molar-refractivity contribution < 1.29 is 18.8 Å². The molecule has 2 N–H and O–H groups in total. The number of H-pyrrole nitrogens is 1. The lowest BCUT2D eigenvalue weighted by Crippen LogP contribution is -2.30. The summed E-state index contributed by atoms with van der Waals surface area (Å²) in [7, 11) is 0. The highest BCUT2D eigenvalue weighted by molar-refractivity contribution is 6.44. The molecule has 4 aromatic rings. The quantitative estimate of drug-likeness (QED) is 0.393. The van der Waals surface area contributed by atoms with Crippen LogP contribution >= 0.6 is 0 Å². The standard InChI is InChI=1S/C23H19N3O4/c1-13-8-15-9-14(6-7-20(15)29-13)21-10-16(26-30-21)11-25-23(28)22(27)18-12-24-19-5-3-2-4-17(18)19/h2-7,9-10,12-13,24H,8,11H2,1H3,(H,25,28). The van der Waals surface area contributed by atoms with Crippen LogP contribution in [0.5, 0.6) is 5.75 Å². The highest BCUT2D eigenvalue weighted by atomic mass is 16.5. The highest BCUT2D eigenvalue weighted by Crippen LogP contribution is 2.33. The van der Waals surface area contributed by atoms with Gasteiger partial charge in [0.05, 0.1) is 12.1 Å². The van der Waals surface area contributed by atoms with E-state index in [0.29, 0.717) is 17.0 Å². The molecule has 3 heterocycles. The van der Waals surface area contributed by atoms with E-state index in [0.717, 1.165) is 34.2 Å². The van der Waals surface area contributed by atoms with Crippen molar-refractivity contribution in [3.8, 4) is 17.1 Å². The predicted octanol–water partition coefficient (Wildman–Crippen LogP) is 3.65. The predicted molar refractivity (Wildman–Crippen MR) is 110 cm³/mol. The summed E-state index contributed by atoms with van der Waals surface area (Å²) < 4.78 is 11.1. The maximum Gasteiger partial charge on any atom is 0.292 e. The van der Waals surface area contributed by atoms with Gasteiger partial charge in [0.25, 0.3) is 11.7 Å². The summed E-state index contributed by atoms with van der Waals surface area (Å²) in [4.78, 5) is 27.9. The Morgan fingerprint density at radius 2 is 2.07 bits per heavy atom. The topological polar surface area (TPSA) is 97.2 Å². The Morgan fingerprint density at radius 1 is 1.20 bits per heavy atom. The van der Waals surface area contributed by atoms with Crippen LogP contribution in [0.4, 0.5) is 0 Å². The minimum absolute atomic E-state index is 0.0987. The van der Waals surface area contributed by atoms with Gasteiger partial charge in [0, 0.05) is 35.2 Å². The molecule has 1 aliphatic rings. The van der Waals surface area contributed by atoms with Crippen LogP contribution in [0.25, 0.3) is 22.2 Å². The first-order valence-electron chi connectivity index (χ1n) is 9.72.